The van der Waals surface area contributed by atoms with Gasteiger partial charge in [-0.2, -0.15) is 0 Å². The number of rotatable bonds is 14. The minimum absolute atomic E-state index is 0.184. The van der Waals surface area contributed by atoms with Crippen molar-refractivity contribution in [3.8, 4) is 0 Å². The SMILES string of the molecule is CCCCC/C=C\C1C[C@]1(NC(=O)[C@@H]1CCCN1C(=O)CNC(=O)O[C@H](C(=O)c1ccc(F)cc1)C(C)C)C(=O)O. The predicted molar refractivity (Wildman–Crippen MR) is 148 cm³/mol. The highest BCUT2D eigenvalue weighted by Crippen LogP contribution is 2.45. The number of aliphatic carboxylic acids is 1. The van der Waals surface area contributed by atoms with Crippen LogP contribution in [0.25, 0.3) is 0 Å². The number of likely N-dealkylation sites (tertiary alicyclic amines) is 1. The molecule has 1 aliphatic heterocycles. The number of allylic oxidation sites excluding steroid dienone is 1. The van der Waals surface area contributed by atoms with E-state index in [9.17, 15) is 33.5 Å². The average Bonchev–Trinajstić information content (AvgIpc) is 3.40. The third-order valence-corrected chi connectivity index (χ3v) is 7.57. The molecule has 0 spiro atoms. The summed E-state index contributed by atoms with van der Waals surface area (Å²) in [7, 11) is 0. The maximum Gasteiger partial charge on any atom is 0.408 e. The van der Waals surface area contributed by atoms with Crippen LogP contribution in [0.4, 0.5) is 9.18 Å². The lowest BCUT2D eigenvalue weighted by Crippen LogP contribution is -2.54. The number of halogens is 1. The van der Waals surface area contributed by atoms with Crippen molar-refractivity contribution in [3.63, 3.8) is 0 Å². The number of ketones is 1. The van der Waals surface area contributed by atoms with E-state index in [2.05, 4.69) is 17.6 Å². The van der Waals surface area contributed by atoms with Crippen LogP contribution in [-0.4, -0.2) is 70.4 Å². The largest absolute Gasteiger partial charge is 0.479 e. The first-order valence-corrected chi connectivity index (χ1v) is 14.3. The third-order valence-electron chi connectivity index (χ3n) is 7.57. The van der Waals surface area contributed by atoms with E-state index in [1.807, 2.05) is 12.2 Å². The van der Waals surface area contributed by atoms with Crippen molar-refractivity contribution in [1.82, 2.24) is 15.5 Å². The molecule has 11 heteroatoms. The summed E-state index contributed by atoms with van der Waals surface area (Å²) in [6.45, 7) is 5.30. The van der Waals surface area contributed by atoms with Gasteiger partial charge in [0.25, 0.3) is 0 Å². The summed E-state index contributed by atoms with van der Waals surface area (Å²) < 4.78 is 18.5. The molecular formula is C30H40FN3O7. The summed E-state index contributed by atoms with van der Waals surface area (Å²) >= 11 is 0. The number of ether oxygens (including phenoxy) is 1. The standard InChI is InChI=1S/C30H40FN3O7/c1-4-5-6-7-8-10-21-17-30(21,28(38)39)33-27(37)23-11-9-16-34(23)24(35)18-32-29(40)41-26(19(2)3)25(36)20-12-14-22(31)15-13-20/h8,10,12-15,19,21,23,26H,4-7,9,11,16-18H2,1-3H3,(H,32,40)(H,33,37)(H,38,39)/b10-8-/t21?,23-,26-,30+/m0/s1. The molecule has 1 saturated carbocycles. The summed E-state index contributed by atoms with van der Waals surface area (Å²) in [4.78, 5) is 64.6. The molecule has 1 saturated heterocycles. The molecule has 2 aliphatic rings. The fourth-order valence-corrected chi connectivity index (χ4v) is 5.05. The van der Waals surface area contributed by atoms with Gasteiger partial charge in [-0.1, -0.05) is 45.8 Å². The highest BCUT2D eigenvalue weighted by atomic mass is 19.1. The van der Waals surface area contributed by atoms with E-state index in [4.69, 9.17) is 4.74 Å². The number of nitrogens with one attached hydrogen (secondary N) is 2. The normalized spacial score (nSPS) is 22.4. The van der Waals surface area contributed by atoms with Crippen LogP contribution in [0, 0.1) is 17.7 Å². The first-order valence-electron chi connectivity index (χ1n) is 14.3. The first-order chi connectivity index (χ1) is 19.5. The Bertz CT molecular complexity index is 1150. The van der Waals surface area contributed by atoms with E-state index in [1.165, 1.54) is 17.0 Å². The zero-order chi connectivity index (χ0) is 30.2. The number of unbranched alkanes of at least 4 members (excludes halogenated alkanes) is 3. The summed E-state index contributed by atoms with van der Waals surface area (Å²) in [5.41, 5.74) is -1.19. The van der Waals surface area contributed by atoms with Crippen LogP contribution in [-0.2, 0) is 19.1 Å². The summed E-state index contributed by atoms with van der Waals surface area (Å²) in [5.74, 6) is -3.87. The smallest absolute Gasteiger partial charge is 0.408 e. The number of Topliss-reactive ketones (excluding diaryl/α,β-unsaturated/α-hetero) is 1. The molecule has 1 aromatic carbocycles. The van der Waals surface area contributed by atoms with Crippen molar-refractivity contribution < 1.29 is 38.2 Å². The Morgan fingerprint density at radius 1 is 1.17 bits per heavy atom. The molecule has 0 bridgehead atoms. The molecule has 1 aromatic rings. The number of carboxylic acids is 1. The van der Waals surface area contributed by atoms with Crippen LogP contribution < -0.4 is 10.6 Å². The second kappa shape index (κ2) is 14.2. The van der Waals surface area contributed by atoms with Crippen LogP contribution in [0.5, 0.6) is 0 Å². The van der Waals surface area contributed by atoms with Crippen LogP contribution in [0.2, 0.25) is 0 Å². The second-order valence-corrected chi connectivity index (χ2v) is 11.0. The molecule has 41 heavy (non-hydrogen) atoms. The van der Waals surface area contributed by atoms with Gasteiger partial charge in [0.05, 0.1) is 0 Å². The molecular weight excluding hydrogens is 533 g/mol. The fourth-order valence-electron chi connectivity index (χ4n) is 5.05. The minimum atomic E-state index is -1.37. The highest BCUT2D eigenvalue weighted by Gasteiger charge is 2.61. The lowest BCUT2D eigenvalue weighted by molar-refractivity contribution is -0.145. The van der Waals surface area contributed by atoms with Crippen LogP contribution in [0.15, 0.2) is 36.4 Å². The van der Waals surface area contributed by atoms with E-state index in [0.717, 1.165) is 37.8 Å². The number of hydrogen-bond donors (Lipinski definition) is 3. The Hall–Kier alpha value is -3.76. The van der Waals surface area contributed by atoms with E-state index in [-0.39, 0.29) is 23.9 Å². The van der Waals surface area contributed by atoms with Crippen molar-refractivity contribution in [2.45, 2.75) is 83.4 Å². The van der Waals surface area contributed by atoms with Gasteiger partial charge in [0.15, 0.2) is 6.10 Å². The van der Waals surface area contributed by atoms with Gasteiger partial charge in [0.2, 0.25) is 17.6 Å². The molecule has 3 amide bonds. The quantitative estimate of drug-likeness (QED) is 0.174. The number of amides is 3. The fraction of sp³-hybridized carbons (Fsp3) is 0.567. The minimum Gasteiger partial charge on any atom is -0.479 e. The van der Waals surface area contributed by atoms with E-state index in [0.29, 0.717) is 19.3 Å². The Kier molecular flexibility index (Phi) is 11.0. The number of carbonyl (C=O) groups is 5. The monoisotopic (exact) mass is 573 g/mol. The maximum atomic E-state index is 13.2. The molecule has 224 valence electrons. The van der Waals surface area contributed by atoms with Crippen molar-refractivity contribution in [2.75, 3.05) is 13.1 Å². The Morgan fingerprint density at radius 3 is 2.51 bits per heavy atom. The predicted octanol–water partition coefficient (Wildman–Crippen LogP) is 3.85. The topological polar surface area (TPSA) is 142 Å². The van der Waals surface area contributed by atoms with Crippen molar-refractivity contribution in [1.29, 1.82) is 0 Å². The van der Waals surface area contributed by atoms with Gasteiger partial charge < -0.3 is 25.4 Å². The molecule has 4 atom stereocenters. The van der Waals surface area contributed by atoms with Gasteiger partial charge in [0, 0.05) is 18.0 Å². The van der Waals surface area contributed by atoms with E-state index < -0.39 is 59.7 Å². The van der Waals surface area contributed by atoms with Crippen LogP contribution >= 0.6 is 0 Å². The number of alkyl carbamates (subject to hydrolysis) is 1. The molecule has 3 rings (SSSR count). The molecule has 0 aromatic heterocycles. The van der Waals surface area contributed by atoms with Gasteiger partial charge in [-0.15, -0.1) is 0 Å². The van der Waals surface area contributed by atoms with Gasteiger partial charge in [0.1, 0.15) is 23.9 Å². The van der Waals surface area contributed by atoms with Gasteiger partial charge in [-0.25, -0.2) is 14.0 Å². The van der Waals surface area contributed by atoms with Crippen molar-refractivity contribution in [3.05, 3.63) is 47.8 Å². The maximum absolute atomic E-state index is 13.2. The third kappa shape index (κ3) is 8.14. The molecule has 1 heterocycles. The summed E-state index contributed by atoms with van der Waals surface area (Å²) in [6.07, 6.45) is 6.96. The number of hydrogen-bond acceptors (Lipinski definition) is 6. The van der Waals surface area contributed by atoms with Crippen molar-refractivity contribution >= 4 is 29.7 Å². The number of benzene rings is 1. The molecule has 1 aliphatic carbocycles. The highest BCUT2D eigenvalue weighted by molar-refractivity contribution is 6.00. The number of nitrogens with zero attached hydrogens (tertiary/aromatic N) is 1. The van der Waals surface area contributed by atoms with E-state index in [1.54, 1.807) is 13.8 Å². The van der Waals surface area contributed by atoms with E-state index >= 15 is 0 Å². The molecule has 2 fully saturated rings. The van der Waals surface area contributed by atoms with Gasteiger partial charge in [-0.05, 0) is 62.3 Å². The lowest BCUT2D eigenvalue weighted by atomic mass is 9.97. The number of carboxylic acid groups (broad SMARTS) is 1. The molecule has 10 nitrogen and oxygen atoms in total. The molecule has 3 N–H and O–H groups in total. The Balaban J connectivity index is 1.53. The number of carbonyl (C=O) groups excluding carboxylic acids is 4. The summed E-state index contributed by atoms with van der Waals surface area (Å²) in [6, 6.07) is 4.03. The zero-order valence-corrected chi connectivity index (χ0v) is 23.9. The van der Waals surface area contributed by atoms with Crippen LogP contribution in [0.1, 0.15) is 76.1 Å². The Morgan fingerprint density at radius 2 is 1.88 bits per heavy atom. The van der Waals surface area contributed by atoms with Crippen LogP contribution in [0.3, 0.4) is 0 Å². The average molecular weight is 574 g/mol. The summed E-state index contributed by atoms with van der Waals surface area (Å²) in [5, 5.41) is 14.8. The van der Waals surface area contributed by atoms with Crippen molar-refractivity contribution in [2.24, 2.45) is 11.8 Å². The van der Waals surface area contributed by atoms with Gasteiger partial charge >= 0.3 is 12.1 Å². The lowest BCUT2D eigenvalue weighted by Gasteiger charge is -2.26. The van der Waals surface area contributed by atoms with Gasteiger partial charge in [-0.3, -0.25) is 14.4 Å². The molecule has 1 unspecified atom stereocenters. The zero-order valence-electron chi connectivity index (χ0n) is 23.9. The second-order valence-electron chi connectivity index (χ2n) is 11.0. The molecule has 0 radical (unpaired) electrons. The Labute approximate surface area is 239 Å². The first kappa shape index (κ1) is 31.8.